The molecule has 0 aromatic carbocycles. The summed E-state index contributed by atoms with van der Waals surface area (Å²) in [5, 5.41) is 0. The summed E-state index contributed by atoms with van der Waals surface area (Å²) < 4.78 is 0. The van der Waals surface area contributed by atoms with Gasteiger partial charge in [0, 0.05) is 0 Å². The molecule has 176 valence electrons. The highest BCUT2D eigenvalue weighted by molar-refractivity contribution is 4.87. The van der Waals surface area contributed by atoms with Gasteiger partial charge in [-0.05, 0) is 94.3 Å². The second kappa shape index (κ2) is 20.1. The maximum Gasteiger partial charge on any atom is -0.0337 e. The topological polar surface area (TPSA) is 0 Å². The summed E-state index contributed by atoms with van der Waals surface area (Å²) in [5.41, 5.74) is 0.411. The van der Waals surface area contributed by atoms with Gasteiger partial charge in [-0.3, -0.25) is 0 Å². The number of allylic oxidation sites excluding steroid dienone is 6. The quantitative estimate of drug-likeness (QED) is 0.145. The smallest absolute Gasteiger partial charge is 0.0337 e. The maximum atomic E-state index is 2.49. The van der Waals surface area contributed by atoms with Gasteiger partial charge in [-0.25, -0.2) is 0 Å². The Morgan fingerprint density at radius 3 is 1.17 bits per heavy atom. The molecule has 0 saturated heterocycles. The molecule has 0 aromatic heterocycles. The third-order valence-electron chi connectivity index (χ3n) is 6.32. The monoisotopic (exact) mass is 416 g/mol. The molecule has 30 heavy (non-hydrogen) atoms. The van der Waals surface area contributed by atoms with Crippen molar-refractivity contribution in [3.8, 4) is 0 Å². The summed E-state index contributed by atoms with van der Waals surface area (Å²) in [7, 11) is 0. The zero-order valence-corrected chi connectivity index (χ0v) is 21.7. The SMILES string of the molecule is CCC/C=C\CCCC(CCC/C=C\CCC)C(CCC/C=C\CCC)C(C)(C)C. The summed E-state index contributed by atoms with van der Waals surface area (Å²) in [5.74, 6) is 1.72. The van der Waals surface area contributed by atoms with Crippen LogP contribution < -0.4 is 0 Å². The van der Waals surface area contributed by atoms with Crippen LogP contribution in [0.15, 0.2) is 36.5 Å². The third kappa shape index (κ3) is 17.0. The fourth-order valence-electron chi connectivity index (χ4n) is 4.58. The van der Waals surface area contributed by atoms with E-state index in [1.54, 1.807) is 0 Å². The minimum atomic E-state index is 0.411. The van der Waals surface area contributed by atoms with Crippen LogP contribution in [0.25, 0.3) is 0 Å². The lowest BCUT2D eigenvalue weighted by Crippen LogP contribution is -2.28. The van der Waals surface area contributed by atoms with E-state index in [9.17, 15) is 0 Å². The van der Waals surface area contributed by atoms with Gasteiger partial charge in [0.2, 0.25) is 0 Å². The van der Waals surface area contributed by atoms with Crippen LogP contribution in [0.5, 0.6) is 0 Å². The molecule has 0 rings (SSSR count). The predicted octanol–water partition coefficient (Wildman–Crippen LogP) is 10.8. The van der Waals surface area contributed by atoms with Crippen LogP contribution in [-0.2, 0) is 0 Å². The Labute approximate surface area is 191 Å². The standard InChI is InChI=1S/C30H56/c1-7-10-13-16-19-22-25-28(26-23-20-17-14-11-8-2)29(30(4,5)6)27-24-21-18-15-12-9-3/h13-18,28-29H,7-12,19-27H2,1-6H3/b16-13-,17-14-,18-15-. The van der Waals surface area contributed by atoms with Crippen molar-refractivity contribution in [2.24, 2.45) is 17.3 Å². The van der Waals surface area contributed by atoms with Crippen LogP contribution in [0.3, 0.4) is 0 Å². The van der Waals surface area contributed by atoms with Gasteiger partial charge >= 0.3 is 0 Å². The van der Waals surface area contributed by atoms with Gasteiger partial charge in [-0.2, -0.15) is 0 Å². The molecule has 1 unspecified atom stereocenters. The Morgan fingerprint density at radius 1 is 0.500 bits per heavy atom. The molecule has 0 aromatic rings. The van der Waals surface area contributed by atoms with Crippen LogP contribution in [0, 0.1) is 17.3 Å². The Hall–Kier alpha value is -0.780. The molecule has 0 fully saturated rings. The summed E-state index contributed by atoms with van der Waals surface area (Å²) in [6, 6.07) is 0. The predicted molar refractivity (Wildman–Crippen MR) is 140 cm³/mol. The molecule has 0 radical (unpaired) electrons. The molecule has 0 heteroatoms. The van der Waals surface area contributed by atoms with Crippen molar-refractivity contribution in [2.45, 2.75) is 138 Å². The molecule has 0 bridgehead atoms. The van der Waals surface area contributed by atoms with Crippen LogP contribution in [0.1, 0.15) is 138 Å². The molecule has 0 heterocycles. The second-order valence-electron chi connectivity index (χ2n) is 10.3. The Morgan fingerprint density at radius 2 is 0.833 bits per heavy atom. The molecule has 0 N–H and O–H groups in total. The molecule has 0 aliphatic heterocycles. The summed E-state index contributed by atoms with van der Waals surface area (Å²) in [6.45, 7) is 14.3. The van der Waals surface area contributed by atoms with E-state index >= 15 is 0 Å². The number of hydrogen-bond donors (Lipinski definition) is 0. The first-order chi connectivity index (χ1) is 14.5. The zero-order valence-electron chi connectivity index (χ0n) is 21.7. The molecule has 0 aliphatic rings. The second-order valence-corrected chi connectivity index (χ2v) is 10.3. The van der Waals surface area contributed by atoms with Gasteiger partial charge < -0.3 is 0 Å². The van der Waals surface area contributed by atoms with Gasteiger partial charge in [0.1, 0.15) is 0 Å². The van der Waals surface area contributed by atoms with Crippen LogP contribution >= 0.6 is 0 Å². The van der Waals surface area contributed by atoms with E-state index in [2.05, 4.69) is 78.0 Å². The van der Waals surface area contributed by atoms with E-state index in [1.165, 1.54) is 96.3 Å². The summed E-state index contributed by atoms with van der Waals surface area (Å²) in [6.07, 6.45) is 34.0. The van der Waals surface area contributed by atoms with Crippen LogP contribution in [0.4, 0.5) is 0 Å². The Bertz CT molecular complexity index is 409. The number of unbranched alkanes of at least 4 members (excludes halogenated alkanes) is 6. The normalized spacial score (nSPS) is 14.1. The van der Waals surface area contributed by atoms with Gasteiger partial charge in [0.15, 0.2) is 0 Å². The van der Waals surface area contributed by atoms with Crippen molar-refractivity contribution in [2.75, 3.05) is 0 Å². The fraction of sp³-hybridized carbons (Fsp3) is 0.800. The summed E-state index contributed by atoms with van der Waals surface area (Å²) in [4.78, 5) is 0. The van der Waals surface area contributed by atoms with Crippen molar-refractivity contribution in [3.63, 3.8) is 0 Å². The average molecular weight is 417 g/mol. The lowest BCUT2D eigenvalue weighted by Gasteiger charge is -2.38. The van der Waals surface area contributed by atoms with E-state index in [0.717, 1.165) is 11.8 Å². The number of rotatable bonds is 19. The fourth-order valence-corrected chi connectivity index (χ4v) is 4.58. The van der Waals surface area contributed by atoms with Crippen LogP contribution in [0.2, 0.25) is 0 Å². The van der Waals surface area contributed by atoms with E-state index in [0.29, 0.717) is 5.41 Å². The molecule has 0 amide bonds. The average Bonchev–Trinajstić information content (AvgIpc) is 2.70. The van der Waals surface area contributed by atoms with E-state index in [4.69, 9.17) is 0 Å². The minimum absolute atomic E-state index is 0.411. The van der Waals surface area contributed by atoms with Crippen LogP contribution in [-0.4, -0.2) is 0 Å². The molecule has 0 aliphatic carbocycles. The van der Waals surface area contributed by atoms with E-state index in [1.807, 2.05) is 0 Å². The van der Waals surface area contributed by atoms with Gasteiger partial charge in [-0.15, -0.1) is 0 Å². The van der Waals surface area contributed by atoms with Crippen molar-refractivity contribution in [3.05, 3.63) is 36.5 Å². The molecule has 1 atom stereocenters. The highest BCUT2D eigenvalue weighted by Crippen LogP contribution is 2.40. The van der Waals surface area contributed by atoms with Gasteiger partial charge in [-0.1, -0.05) is 97.3 Å². The third-order valence-corrected chi connectivity index (χ3v) is 6.32. The highest BCUT2D eigenvalue weighted by atomic mass is 14.4. The number of hydrogen-bond acceptors (Lipinski definition) is 0. The van der Waals surface area contributed by atoms with Crippen molar-refractivity contribution < 1.29 is 0 Å². The highest BCUT2D eigenvalue weighted by Gasteiger charge is 2.30. The first kappa shape index (κ1) is 29.2. The van der Waals surface area contributed by atoms with E-state index in [-0.39, 0.29) is 0 Å². The Balaban J connectivity index is 4.81. The van der Waals surface area contributed by atoms with Crippen molar-refractivity contribution in [1.29, 1.82) is 0 Å². The molecule has 0 nitrogen and oxygen atoms in total. The van der Waals surface area contributed by atoms with Crippen molar-refractivity contribution >= 4 is 0 Å². The first-order valence-electron chi connectivity index (χ1n) is 13.4. The largest absolute Gasteiger partial charge is 0.0885 e. The molecular formula is C30H56. The minimum Gasteiger partial charge on any atom is -0.0885 e. The maximum absolute atomic E-state index is 2.49. The van der Waals surface area contributed by atoms with Gasteiger partial charge in [0.25, 0.3) is 0 Å². The van der Waals surface area contributed by atoms with Crippen molar-refractivity contribution in [1.82, 2.24) is 0 Å². The molecular weight excluding hydrogens is 360 g/mol. The lowest BCUT2D eigenvalue weighted by atomic mass is 9.68. The zero-order chi connectivity index (χ0) is 22.5. The lowest BCUT2D eigenvalue weighted by molar-refractivity contribution is 0.126. The van der Waals surface area contributed by atoms with Gasteiger partial charge in [0.05, 0.1) is 0 Å². The first-order valence-corrected chi connectivity index (χ1v) is 13.4. The Kier molecular flexibility index (Phi) is 19.6. The molecule has 0 saturated carbocycles. The summed E-state index contributed by atoms with van der Waals surface area (Å²) >= 11 is 0. The molecule has 0 spiro atoms. The van der Waals surface area contributed by atoms with E-state index < -0.39 is 0 Å².